The van der Waals surface area contributed by atoms with Crippen molar-refractivity contribution in [2.24, 2.45) is 10.9 Å². The van der Waals surface area contributed by atoms with Crippen LogP contribution in [0.2, 0.25) is 0 Å². The minimum Gasteiger partial charge on any atom is -0.507 e. The van der Waals surface area contributed by atoms with Gasteiger partial charge in [0.05, 0.1) is 9.61 Å². The lowest BCUT2D eigenvalue weighted by molar-refractivity contribution is 0.0944. The number of nitrogens with two attached hydrogens (primary N) is 1. The predicted molar refractivity (Wildman–Crippen MR) is 80.4 cm³/mol. The summed E-state index contributed by atoms with van der Waals surface area (Å²) in [5.41, 5.74) is 5.84. The largest absolute Gasteiger partial charge is 0.507 e. The summed E-state index contributed by atoms with van der Waals surface area (Å²) in [6, 6.07) is 4.10. The smallest absolute Gasteiger partial charge is 0.252 e. The highest BCUT2D eigenvalue weighted by molar-refractivity contribution is 14.1. The highest BCUT2D eigenvalue weighted by Crippen LogP contribution is 2.20. The van der Waals surface area contributed by atoms with Crippen LogP contribution in [0.15, 0.2) is 23.4 Å². The van der Waals surface area contributed by atoms with E-state index in [1.165, 1.54) is 6.07 Å². The second kappa shape index (κ2) is 7.17. The van der Waals surface area contributed by atoms with Crippen molar-refractivity contribution in [2.75, 3.05) is 0 Å². The lowest BCUT2D eigenvalue weighted by Crippen LogP contribution is -2.44. The minimum atomic E-state index is -0.524. The maximum Gasteiger partial charge on any atom is 0.252 e. The third-order valence-corrected chi connectivity index (χ3v) is 3.48. The number of nitrogens with one attached hydrogen (secondary N) is 1. The molecule has 0 fully saturated rings. The van der Waals surface area contributed by atoms with Crippen molar-refractivity contribution in [1.29, 1.82) is 0 Å². The fourth-order valence-electron chi connectivity index (χ4n) is 1.55. The second-order valence-electron chi connectivity index (χ2n) is 4.01. The summed E-state index contributed by atoms with van der Waals surface area (Å²) >= 11 is 1.97. The molecule has 1 unspecified atom stereocenters. The summed E-state index contributed by atoms with van der Waals surface area (Å²) in [6.07, 6.45) is 1.34. The van der Waals surface area contributed by atoms with E-state index >= 15 is 0 Å². The number of carbonyl (C=O) groups excluding carboxylic acids is 1. The van der Waals surface area contributed by atoms with Gasteiger partial charge in [-0.25, -0.2) is 0 Å². The van der Waals surface area contributed by atoms with E-state index in [-0.39, 0.29) is 17.5 Å². The summed E-state index contributed by atoms with van der Waals surface area (Å²) in [6.45, 7) is 1.93. The molecule has 19 heavy (non-hydrogen) atoms. The predicted octanol–water partition coefficient (Wildman–Crippen LogP) is 1.64. The van der Waals surface area contributed by atoms with Gasteiger partial charge in [0.2, 0.25) is 0 Å². The molecular weight excluding hydrogens is 361 g/mol. The Kier molecular flexibility index (Phi) is 5.87. The third kappa shape index (κ3) is 4.27. The molecular formula is C12H16IN3O3. The molecule has 1 aromatic rings. The molecule has 1 amide bonds. The van der Waals surface area contributed by atoms with Gasteiger partial charge in [0.1, 0.15) is 5.75 Å². The van der Waals surface area contributed by atoms with Crippen molar-refractivity contribution < 1.29 is 15.1 Å². The van der Waals surface area contributed by atoms with E-state index in [2.05, 4.69) is 10.5 Å². The molecule has 1 atom stereocenters. The van der Waals surface area contributed by atoms with Gasteiger partial charge in [-0.1, -0.05) is 18.5 Å². The van der Waals surface area contributed by atoms with Gasteiger partial charge < -0.3 is 21.4 Å². The van der Waals surface area contributed by atoms with Crippen molar-refractivity contribution >= 4 is 34.3 Å². The Bertz CT molecular complexity index is 491. The highest BCUT2D eigenvalue weighted by atomic mass is 127. The molecule has 0 aliphatic carbocycles. The Balaban J connectivity index is 2.84. The molecule has 1 rings (SSSR count). The topological polar surface area (TPSA) is 108 Å². The number of oxime groups is 1. The number of amidine groups is 1. The standard InChI is InChI=1S/C12H16IN3O3/c1-2-3-9(11(14)16-19)15-12(18)7-4-5-8(13)10(17)6-7/h4-6,9,17,19H,2-3H2,1H3,(H2,14,16)(H,15,18). The van der Waals surface area contributed by atoms with Gasteiger partial charge in [0.25, 0.3) is 5.91 Å². The van der Waals surface area contributed by atoms with Gasteiger partial charge in [-0.15, -0.1) is 0 Å². The van der Waals surface area contributed by atoms with E-state index in [0.29, 0.717) is 15.6 Å². The lowest BCUT2D eigenvalue weighted by Gasteiger charge is -2.16. The Morgan fingerprint density at radius 1 is 1.58 bits per heavy atom. The zero-order valence-electron chi connectivity index (χ0n) is 10.4. The number of hydrogen-bond donors (Lipinski definition) is 4. The lowest BCUT2D eigenvalue weighted by atomic mass is 10.1. The number of amides is 1. The molecule has 0 saturated carbocycles. The number of halogens is 1. The molecule has 0 aliphatic heterocycles. The SMILES string of the molecule is CCCC(NC(=O)c1ccc(I)c(O)c1)/C(N)=N/O. The molecule has 0 spiro atoms. The Hall–Kier alpha value is -1.51. The zero-order valence-corrected chi connectivity index (χ0v) is 12.6. The Morgan fingerprint density at radius 3 is 2.79 bits per heavy atom. The maximum atomic E-state index is 12.0. The van der Waals surface area contributed by atoms with Crippen LogP contribution < -0.4 is 11.1 Å². The van der Waals surface area contributed by atoms with Crippen LogP contribution in [0.25, 0.3) is 0 Å². The normalized spacial score (nSPS) is 13.1. The summed E-state index contributed by atoms with van der Waals surface area (Å²) in [5, 5.41) is 23.8. The van der Waals surface area contributed by atoms with Crippen LogP contribution >= 0.6 is 22.6 Å². The van der Waals surface area contributed by atoms with Crippen molar-refractivity contribution in [3.8, 4) is 5.75 Å². The van der Waals surface area contributed by atoms with E-state index in [9.17, 15) is 9.90 Å². The van der Waals surface area contributed by atoms with Crippen LogP contribution in [0.5, 0.6) is 5.75 Å². The van der Waals surface area contributed by atoms with Crippen LogP contribution in [0.3, 0.4) is 0 Å². The summed E-state index contributed by atoms with van der Waals surface area (Å²) in [4.78, 5) is 12.0. The molecule has 104 valence electrons. The Labute approximate surface area is 124 Å². The maximum absolute atomic E-state index is 12.0. The van der Waals surface area contributed by atoms with E-state index < -0.39 is 6.04 Å². The van der Waals surface area contributed by atoms with Crippen LogP contribution in [0, 0.1) is 3.57 Å². The first-order valence-electron chi connectivity index (χ1n) is 5.76. The monoisotopic (exact) mass is 377 g/mol. The second-order valence-corrected chi connectivity index (χ2v) is 5.17. The van der Waals surface area contributed by atoms with Crippen LogP contribution in [-0.4, -0.2) is 28.1 Å². The number of aromatic hydroxyl groups is 1. The molecule has 6 nitrogen and oxygen atoms in total. The quantitative estimate of drug-likeness (QED) is 0.206. The van der Waals surface area contributed by atoms with Gasteiger partial charge in [0.15, 0.2) is 5.84 Å². The molecule has 0 bridgehead atoms. The van der Waals surface area contributed by atoms with Gasteiger partial charge >= 0.3 is 0 Å². The van der Waals surface area contributed by atoms with Gasteiger partial charge in [-0.3, -0.25) is 4.79 Å². The number of hydrogen-bond acceptors (Lipinski definition) is 4. The van der Waals surface area contributed by atoms with Crippen LogP contribution in [-0.2, 0) is 0 Å². The fourth-order valence-corrected chi connectivity index (χ4v) is 1.88. The molecule has 0 radical (unpaired) electrons. The number of carbonyl (C=O) groups is 1. The third-order valence-electron chi connectivity index (χ3n) is 2.56. The molecule has 0 heterocycles. The van der Waals surface area contributed by atoms with Crippen molar-refractivity contribution in [3.63, 3.8) is 0 Å². The molecule has 0 aliphatic rings. The molecule has 5 N–H and O–H groups in total. The van der Waals surface area contributed by atoms with Crippen LogP contribution in [0.1, 0.15) is 30.1 Å². The average molecular weight is 377 g/mol. The first-order valence-corrected chi connectivity index (χ1v) is 6.84. The number of phenols is 1. The summed E-state index contributed by atoms with van der Waals surface area (Å²) < 4.78 is 0.663. The molecule has 0 aromatic heterocycles. The molecule has 0 saturated heterocycles. The van der Waals surface area contributed by atoms with E-state index in [4.69, 9.17) is 10.9 Å². The van der Waals surface area contributed by atoms with Gasteiger partial charge in [0, 0.05) is 5.56 Å². The molecule has 7 heteroatoms. The van der Waals surface area contributed by atoms with E-state index in [1.807, 2.05) is 29.5 Å². The Morgan fingerprint density at radius 2 is 2.26 bits per heavy atom. The number of phenolic OH excluding ortho intramolecular Hbond substituents is 1. The van der Waals surface area contributed by atoms with E-state index in [1.54, 1.807) is 12.1 Å². The van der Waals surface area contributed by atoms with Crippen molar-refractivity contribution in [3.05, 3.63) is 27.3 Å². The van der Waals surface area contributed by atoms with Crippen molar-refractivity contribution in [1.82, 2.24) is 5.32 Å². The fraction of sp³-hybridized carbons (Fsp3) is 0.333. The zero-order chi connectivity index (χ0) is 14.4. The van der Waals surface area contributed by atoms with Gasteiger partial charge in [-0.05, 0) is 47.2 Å². The van der Waals surface area contributed by atoms with E-state index in [0.717, 1.165) is 6.42 Å². The average Bonchev–Trinajstić information content (AvgIpc) is 2.40. The highest BCUT2D eigenvalue weighted by Gasteiger charge is 2.17. The number of nitrogens with zero attached hydrogens (tertiary/aromatic N) is 1. The summed E-state index contributed by atoms with van der Waals surface area (Å²) in [5.74, 6) is -0.370. The number of rotatable bonds is 5. The van der Waals surface area contributed by atoms with Gasteiger partial charge in [-0.2, -0.15) is 0 Å². The minimum absolute atomic E-state index is 0.0371. The first kappa shape index (κ1) is 15.5. The summed E-state index contributed by atoms with van der Waals surface area (Å²) in [7, 11) is 0. The molecule has 1 aromatic carbocycles. The van der Waals surface area contributed by atoms with Crippen LogP contribution in [0.4, 0.5) is 0 Å². The van der Waals surface area contributed by atoms with Crippen molar-refractivity contribution in [2.45, 2.75) is 25.8 Å². The first-order chi connectivity index (χ1) is 8.99. The number of benzene rings is 1.